The Morgan fingerprint density at radius 2 is 2.24 bits per heavy atom. The van der Waals surface area contributed by atoms with Gasteiger partial charge < -0.3 is 9.73 Å². The Morgan fingerprint density at radius 3 is 2.76 bits per heavy atom. The second-order valence-corrected chi connectivity index (χ2v) is 7.43. The lowest BCUT2D eigenvalue weighted by atomic mass is 10.1. The zero-order valence-corrected chi connectivity index (χ0v) is 12.1. The van der Waals surface area contributed by atoms with Crippen LogP contribution < -0.4 is 5.32 Å². The van der Waals surface area contributed by atoms with E-state index in [2.05, 4.69) is 21.2 Å². The highest BCUT2D eigenvalue weighted by Gasteiger charge is 2.37. The molecular weight excluding hydrogens is 306 g/mol. The molecule has 0 amide bonds. The normalized spacial score (nSPS) is 25.6. The second-order valence-electron chi connectivity index (χ2n) is 4.31. The molecule has 4 nitrogen and oxygen atoms in total. The van der Waals surface area contributed by atoms with Gasteiger partial charge in [-0.1, -0.05) is 6.42 Å². The van der Waals surface area contributed by atoms with E-state index in [-0.39, 0.29) is 17.0 Å². The summed E-state index contributed by atoms with van der Waals surface area (Å²) in [7, 11) is -1.24. The molecular formula is C11H16BrNO3S. The zero-order chi connectivity index (χ0) is 12.5. The van der Waals surface area contributed by atoms with Crippen LogP contribution in [0.1, 0.15) is 31.1 Å². The van der Waals surface area contributed by atoms with Crippen molar-refractivity contribution in [2.45, 2.75) is 30.6 Å². The predicted molar refractivity (Wildman–Crippen MR) is 69.6 cm³/mol. The maximum Gasteiger partial charge on any atom is 0.169 e. The molecule has 2 heterocycles. The highest BCUT2D eigenvalue weighted by Crippen LogP contribution is 2.32. The van der Waals surface area contributed by atoms with E-state index in [1.807, 2.05) is 6.07 Å². The lowest BCUT2D eigenvalue weighted by molar-refractivity contribution is 0.385. The minimum atomic E-state index is -3.01. The minimum Gasteiger partial charge on any atom is -0.453 e. The first-order valence-electron chi connectivity index (χ1n) is 5.68. The Hall–Kier alpha value is -0.330. The molecule has 1 saturated heterocycles. The lowest BCUT2D eigenvalue weighted by Gasteiger charge is -2.28. The molecule has 1 aromatic rings. The van der Waals surface area contributed by atoms with Gasteiger partial charge in [-0.15, -0.1) is 0 Å². The van der Waals surface area contributed by atoms with Crippen LogP contribution in [0, 0.1) is 0 Å². The van der Waals surface area contributed by atoms with Gasteiger partial charge in [0.1, 0.15) is 5.76 Å². The molecule has 0 spiro atoms. The van der Waals surface area contributed by atoms with Crippen LogP contribution in [0.15, 0.2) is 21.2 Å². The molecule has 0 bridgehead atoms. The Bertz CT molecular complexity index is 483. The number of hydrogen-bond acceptors (Lipinski definition) is 4. The van der Waals surface area contributed by atoms with E-state index in [0.29, 0.717) is 16.9 Å². The predicted octanol–water partition coefficient (Wildman–Crippen LogP) is 2.27. The van der Waals surface area contributed by atoms with E-state index in [1.165, 1.54) is 0 Å². The summed E-state index contributed by atoms with van der Waals surface area (Å²) in [6.45, 7) is 0. The van der Waals surface area contributed by atoms with Crippen molar-refractivity contribution in [1.82, 2.24) is 5.32 Å². The fraction of sp³-hybridized carbons (Fsp3) is 0.636. The van der Waals surface area contributed by atoms with Crippen molar-refractivity contribution < 1.29 is 12.8 Å². The highest BCUT2D eigenvalue weighted by molar-refractivity contribution is 9.10. The topological polar surface area (TPSA) is 59.3 Å². The highest BCUT2D eigenvalue weighted by atomic mass is 79.9. The molecule has 1 aromatic heterocycles. The molecule has 2 rings (SSSR count). The van der Waals surface area contributed by atoms with Gasteiger partial charge in [-0.2, -0.15) is 0 Å². The summed E-state index contributed by atoms with van der Waals surface area (Å²) < 4.78 is 30.2. The fourth-order valence-electron chi connectivity index (χ4n) is 2.36. The maximum atomic E-state index is 12.1. The van der Waals surface area contributed by atoms with Gasteiger partial charge >= 0.3 is 0 Å². The van der Waals surface area contributed by atoms with Crippen LogP contribution in [0.5, 0.6) is 0 Å². The standard InChI is InChI=1S/C11H16BrNO3S/c1-13-11(8-5-6-10(12)16-8)9-4-2-3-7-17(9,14)15/h5-6,9,11,13H,2-4,7H2,1H3. The number of sulfone groups is 1. The largest absolute Gasteiger partial charge is 0.453 e. The summed E-state index contributed by atoms with van der Waals surface area (Å²) in [5.41, 5.74) is 0. The minimum absolute atomic E-state index is 0.258. The van der Waals surface area contributed by atoms with Gasteiger partial charge in [0.25, 0.3) is 0 Å². The van der Waals surface area contributed by atoms with Crippen LogP contribution in [0.3, 0.4) is 0 Å². The molecule has 1 N–H and O–H groups in total. The molecule has 1 aliphatic heterocycles. The first kappa shape index (κ1) is 13.1. The van der Waals surface area contributed by atoms with Crippen LogP contribution in [-0.2, 0) is 9.84 Å². The van der Waals surface area contributed by atoms with Gasteiger partial charge in [-0.25, -0.2) is 8.42 Å². The lowest BCUT2D eigenvalue weighted by Crippen LogP contribution is -2.39. The molecule has 0 aromatic carbocycles. The molecule has 0 aliphatic carbocycles. The summed E-state index contributed by atoms with van der Waals surface area (Å²) in [4.78, 5) is 0. The molecule has 1 fully saturated rings. The zero-order valence-electron chi connectivity index (χ0n) is 9.65. The molecule has 2 atom stereocenters. The quantitative estimate of drug-likeness (QED) is 0.927. The van der Waals surface area contributed by atoms with E-state index < -0.39 is 9.84 Å². The van der Waals surface area contributed by atoms with Gasteiger partial charge in [0.05, 0.1) is 17.0 Å². The fourth-order valence-corrected chi connectivity index (χ4v) is 4.80. The average molecular weight is 322 g/mol. The van der Waals surface area contributed by atoms with Gasteiger partial charge in [0, 0.05) is 0 Å². The van der Waals surface area contributed by atoms with Gasteiger partial charge in [-0.3, -0.25) is 0 Å². The molecule has 0 saturated carbocycles. The van der Waals surface area contributed by atoms with Gasteiger partial charge in [-0.05, 0) is 48.0 Å². The van der Waals surface area contributed by atoms with Crippen molar-refractivity contribution in [3.8, 4) is 0 Å². The molecule has 17 heavy (non-hydrogen) atoms. The Morgan fingerprint density at radius 1 is 1.47 bits per heavy atom. The van der Waals surface area contributed by atoms with E-state index in [1.54, 1.807) is 13.1 Å². The molecule has 6 heteroatoms. The summed E-state index contributed by atoms with van der Waals surface area (Å²) in [6, 6.07) is 3.34. The third-order valence-electron chi connectivity index (χ3n) is 3.21. The van der Waals surface area contributed by atoms with Crippen molar-refractivity contribution in [1.29, 1.82) is 0 Å². The van der Waals surface area contributed by atoms with Crippen LogP contribution in [-0.4, -0.2) is 26.5 Å². The number of hydrogen-bond donors (Lipinski definition) is 1. The first-order chi connectivity index (χ1) is 8.04. The summed E-state index contributed by atoms with van der Waals surface area (Å²) >= 11 is 3.24. The van der Waals surface area contributed by atoms with E-state index in [4.69, 9.17) is 4.42 Å². The third-order valence-corrected chi connectivity index (χ3v) is 5.93. The van der Waals surface area contributed by atoms with E-state index in [0.717, 1.165) is 12.8 Å². The third kappa shape index (κ3) is 2.74. The molecule has 1 aliphatic rings. The van der Waals surface area contributed by atoms with Crippen LogP contribution in [0.25, 0.3) is 0 Å². The van der Waals surface area contributed by atoms with Crippen LogP contribution in [0.2, 0.25) is 0 Å². The van der Waals surface area contributed by atoms with Gasteiger partial charge in [0.2, 0.25) is 0 Å². The maximum absolute atomic E-state index is 12.1. The average Bonchev–Trinajstić information content (AvgIpc) is 2.68. The van der Waals surface area contributed by atoms with E-state index >= 15 is 0 Å². The summed E-state index contributed by atoms with van der Waals surface area (Å²) in [5.74, 6) is 0.965. The second kappa shape index (κ2) is 5.12. The summed E-state index contributed by atoms with van der Waals surface area (Å²) in [5, 5.41) is 2.69. The smallest absolute Gasteiger partial charge is 0.169 e. The van der Waals surface area contributed by atoms with Crippen molar-refractivity contribution in [2.75, 3.05) is 12.8 Å². The van der Waals surface area contributed by atoms with Crippen molar-refractivity contribution in [3.63, 3.8) is 0 Å². The van der Waals surface area contributed by atoms with Crippen LogP contribution in [0.4, 0.5) is 0 Å². The summed E-state index contributed by atoms with van der Waals surface area (Å²) in [6.07, 6.45) is 2.44. The van der Waals surface area contributed by atoms with Crippen LogP contribution >= 0.6 is 15.9 Å². The SMILES string of the molecule is CNC(c1ccc(Br)o1)C1CCCCS1(=O)=O. The number of rotatable bonds is 3. The number of nitrogens with one attached hydrogen (secondary N) is 1. The van der Waals surface area contributed by atoms with E-state index in [9.17, 15) is 8.42 Å². The number of furan rings is 1. The molecule has 2 unspecified atom stereocenters. The Labute approximate surface area is 110 Å². The van der Waals surface area contributed by atoms with Crippen molar-refractivity contribution >= 4 is 25.8 Å². The molecule has 0 radical (unpaired) electrons. The van der Waals surface area contributed by atoms with Gasteiger partial charge in [0.15, 0.2) is 14.5 Å². The number of halogens is 1. The van der Waals surface area contributed by atoms with Crippen molar-refractivity contribution in [3.05, 3.63) is 22.6 Å². The molecule has 96 valence electrons. The monoisotopic (exact) mass is 321 g/mol. The Balaban J connectivity index is 2.29. The van der Waals surface area contributed by atoms with Crippen molar-refractivity contribution in [2.24, 2.45) is 0 Å². The first-order valence-corrected chi connectivity index (χ1v) is 8.19. The Kier molecular flexibility index (Phi) is 3.95.